The molecule has 0 aliphatic heterocycles. The molecule has 0 unspecified atom stereocenters. The molecule has 0 saturated carbocycles. The Labute approximate surface area is 183 Å². The third-order valence-corrected chi connectivity index (χ3v) is 5.17. The number of aromatic nitrogens is 1. The molecular formula is C23H20ClN3O4. The molecule has 4 aromatic rings. The summed E-state index contributed by atoms with van der Waals surface area (Å²) >= 11 is 5.98. The first-order chi connectivity index (χ1) is 15.0. The molecule has 2 aromatic heterocycles. The molecule has 4 rings (SSSR count). The number of halogens is 1. The zero-order chi connectivity index (χ0) is 22.0. The van der Waals surface area contributed by atoms with Crippen LogP contribution >= 0.6 is 11.6 Å². The van der Waals surface area contributed by atoms with Crippen LogP contribution in [0.25, 0.3) is 21.9 Å². The van der Waals surface area contributed by atoms with E-state index >= 15 is 0 Å². The van der Waals surface area contributed by atoms with Gasteiger partial charge in [-0.25, -0.2) is 5.43 Å². The number of esters is 1. The summed E-state index contributed by atoms with van der Waals surface area (Å²) < 4.78 is 12.5. The minimum atomic E-state index is -0.475. The van der Waals surface area contributed by atoms with E-state index in [1.807, 2.05) is 35.8 Å². The molecule has 0 aliphatic rings. The molecule has 0 saturated heterocycles. The molecule has 1 amide bonds. The second kappa shape index (κ2) is 8.65. The number of carbonyl (C=O) groups is 2. The molecule has 0 fully saturated rings. The summed E-state index contributed by atoms with van der Waals surface area (Å²) in [4.78, 5) is 24.5. The normalized spacial score (nSPS) is 11.5. The maximum Gasteiger partial charge on any atom is 0.325 e. The van der Waals surface area contributed by atoms with Crippen molar-refractivity contribution in [3.8, 4) is 0 Å². The first kappa shape index (κ1) is 20.7. The number of hydrogen-bond donors (Lipinski definition) is 1. The standard InChI is InChI=1S/C23H20ClN3O4/c1-3-30-22(28)13-27-14(2)18(17-6-4-5-7-19(17)27)12-25-26-23(29)21-11-15-10-16(24)8-9-20(15)31-21/h4-12H,3,13H2,1-2H3,(H,26,29). The summed E-state index contributed by atoms with van der Waals surface area (Å²) in [7, 11) is 0. The van der Waals surface area contributed by atoms with Gasteiger partial charge in [-0.1, -0.05) is 29.8 Å². The summed E-state index contributed by atoms with van der Waals surface area (Å²) in [6, 6.07) is 14.4. The van der Waals surface area contributed by atoms with Gasteiger partial charge in [0.2, 0.25) is 0 Å². The zero-order valence-corrected chi connectivity index (χ0v) is 17.8. The molecule has 31 heavy (non-hydrogen) atoms. The quantitative estimate of drug-likeness (QED) is 0.269. The summed E-state index contributed by atoms with van der Waals surface area (Å²) in [6.45, 7) is 4.09. The lowest BCUT2D eigenvalue weighted by atomic mass is 10.1. The lowest BCUT2D eigenvalue weighted by Gasteiger charge is -2.07. The second-order valence-electron chi connectivity index (χ2n) is 6.90. The van der Waals surface area contributed by atoms with Crippen LogP contribution < -0.4 is 5.43 Å². The molecule has 0 atom stereocenters. The number of hydrazone groups is 1. The Morgan fingerprint density at radius 2 is 2.03 bits per heavy atom. The van der Waals surface area contributed by atoms with Crippen molar-refractivity contribution in [3.63, 3.8) is 0 Å². The number of para-hydroxylation sites is 1. The molecule has 7 nitrogen and oxygen atoms in total. The largest absolute Gasteiger partial charge is 0.465 e. The Hall–Kier alpha value is -3.58. The predicted octanol–water partition coefficient (Wildman–Crippen LogP) is 4.68. The number of fused-ring (bicyclic) bond motifs is 2. The van der Waals surface area contributed by atoms with Crippen molar-refractivity contribution in [2.24, 2.45) is 5.10 Å². The zero-order valence-electron chi connectivity index (χ0n) is 17.0. The van der Waals surface area contributed by atoms with Crippen molar-refractivity contribution in [2.75, 3.05) is 6.61 Å². The first-order valence-corrected chi connectivity index (χ1v) is 10.1. The van der Waals surface area contributed by atoms with Gasteiger partial charge in [0.05, 0.1) is 12.8 Å². The Morgan fingerprint density at radius 3 is 2.84 bits per heavy atom. The molecule has 8 heteroatoms. The number of nitrogens with zero attached hydrogens (tertiary/aromatic N) is 2. The van der Waals surface area contributed by atoms with Gasteiger partial charge >= 0.3 is 11.9 Å². The number of furan rings is 1. The van der Waals surface area contributed by atoms with Crippen LogP contribution in [0.2, 0.25) is 5.02 Å². The van der Waals surface area contributed by atoms with Gasteiger partial charge in [-0.3, -0.25) is 9.59 Å². The van der Waals surface area contributed by atoms with Crippen LogP contribution in [-0.4, -0.2) is 29.3 Å². The molecule has 0 spiro atoms. The number of hydrogen-bond acceptors (Lipinski definition) is 5. The number of amides is 1. The summed E-state index contributed by atoms with van der Waals surface area (Å²) in [6.07, 6.45) is 1.57. The van der Waals surface area contributed by atoms with Crippen LogP contribution in [0, 0.1) is 6.92 Å². The van der Waals surface area contributed by atoms with Crippen LogP contribution in [-0.2, 0) is 16.1 Å². The van der Waals surface area contributed by atoms with Crippen molar-refractivity contribution in [3.05, 3.63) is 70.6 Å². The lowest BCUT2D eigenvalue weighted by molar-refractivity contribution is -0.143. The SMILES string of the molecule is CCOC(=O)Cn1c(C)c(C=NNC(=O)c2cc3cc(Cl)ccc3o2)c2ccccc21. The van der Waals surface area contributed by atoms with Crippen molar-refractivity contribution >= 4 is 51.6 Å². The van der Waals surface area contributed by atoms with Gasteiger partial charge in [0.15, 0.2) is 5.76 Å². The van der Waals surface area contributed by atoms with Gasteiger partial charge in [-0.2, -0.15) is 5.10 Å². The van der Waals surface area contributed by atoms with Crippen LogP contribution in [0.15, 0.2) is 58.0 Å². The summed E-state index contributed by atoms with van der Waals surface area (Å²) in [5.74, 6) is -0.652. The van der Waals surface area contributed by atoms with E-state index in [1.165, 1.54) is 0 Å². The summed E-state index contributed by atoms with van der Waals surface area (Å²) in [5, 5.41) is 6.32. The van der Waals surface area contributed by atoms with E-state index in [1.54, 1.807) is 37.4 Å². The van der Waals surface area contributed by atoms with E-state index in [-0.39, 0.29) is 18.3 Å². The highest BCUT2D eigenvalue weighted by atomic mass is 35.5. The monoisotopic (exact) mass is 437 g/mol. The van der Waals surface area contributed by atoms with Gasteiger partial charge in [-0.05, 0) is 44.2 Å². The van der Waals surface area contributed by atoms with Crippen molar-refractivity contribution in [1.29, 1.82) is 0 Å². The van der Waals surface area contributed by atoms with Crippen LogP contribution in [0.3, 0.4) is 0 Å². The van der Waals surface area contributed by atoms with Gasteiger partial charge < -0.3 is 13.7 Å². The van der Waals surface area contributed by atoms with Crippen molar-refractivity contribution < 1.29 is 18.7 Å². The second-order valence-corrected chi connectivity index (χ2v) is 7.34. The van der Waals surface area contributed by atoms with E-state index in [2.05, 4.69) is 10.5 Å². The first-order valence-electron chi connectivity index (χ1n) is 9.74. The minimum absolute atomic E-state index is 0.0991. The van der Waals surface area contributed by atoms with E-state index < -0.39 is 5.91 Å². The fourth-order valence-corrected chi connectivity index (χ4v) is 3.68. The number of carbonyl (C=O) groups excluding carboxylic acids is 2. The number of rotatable bonds is 6. The molecule has 0 bridgehead atoms. The van der Waals surface area contributed by atoms with Gasteiger partial charge in [0.1, 0.15) is 12.1 Å². The van der Waals surface area contributed by atoms with Crippen LogP contribution in [0.5, 0.6) is 0 Å². The smallest absolute Gasteiger partial charge is 0.325 e. The average Bonchev–Trinajstić information content (AvgIpc) is 3.28. The molecule has 0 aliphatic carbocycles. The maximum atomic E-state index is 12.4. The van der Waals surface area contributed by atoms with Gasteiger partial charge in [0.25, 0.3) is 0 Å². The molecule has 2 aromatic carbocycles. The fraction of sp³-hybridized carbons (Fsp3) is 0.174. The van der Waals surface area contributed by atoms with Crippen LogP contribution in [0.1, 0.15) is 28.7 Å². The molecule has 0 radical (unpaired) electrons. The van der Waals surface area contributed by atoms with Gasteiger partial charge in [-0.15, -0.1) is 0 Å². The highest BCUT2D eigenvalue weighted by Crippen LogP contribution is 2.25. The Bertz CT molecular complexity index is 1320. The van der Waals surface area contributed by atoms with Crippen LogP contribution in [0.4, 0.5) is 0 Å². The number of nitrogens with one attached hydrogen (secondary N) is 1. The number of benzene rings is 2. The van der Waals surface area contributed by atoms with E-state index in [0.717, 1.165) is 27.5 Å². The van der Waals surface area contributed by atoms with Crippen molar-refractivity contribution in [2.45, 2.75) is 20.4 Å². The van der Waals surface area contributed by atoms with Gasteiger partial charge in [0, 0.05) is 32.6 Å². The van der Waals surface area contributed by atoms with E-state index in [9.17, 15) is 9.59 Å². The third-order valence-electron chi connectivity index (χ3n) is 4.93. The highest BCUT2D eigenvalue weighted by Gasteiger charge is 2.16. The van der Waals surface area contributed by atoms with E-state index in [0.29, 0.717) is 17.2 Å². The molecule has 2 heterocycles. The average molecular weight is 438 g/mol. The Kier molecular flexibility index (Phi) is 5.77. The number of ether oxygens (including phenoxy) is 1. The minimum Gasteiger partial charge on any atom is -0.465 e. The maximum absolute atomic E-state index is 12.4. The fourth-order valence-electron chi connectivity index (χ4n) is 3.50. The summed E-state index contributed by atoms with van der Waals surface area (Å²) in [5.41, 5.74) is 5.58. The van der Waals surface area contributed by atoms with E-state index in [4.69, 9.17) is 20.8 Å². The van der Waals surface area contributed by atoms with Crippen molar-refractivity contribution in [1.82, 2.24) is 9.99 Å². The third kappa shape index (κ3) is 4.18. The highest BCUT2D eigenvalue weighted by molar-refractivity contribution is 6.31. The Balaban J connectivity index is 1.58. The molecule has 1 N–H and O–H groups in total. The predicted molar refractivity (Wildman–Crippen MR) is 120 cm³/mol. The topological polar surface area (TPSA) is 85.8 Å². The lowest BCUT2D eigenvalue weighted by Crippen LogP contribution is -2.17. The molecular weight excluding hydrogens is 418 g/mol. The Morgan fingerprint density at radius 1 is 1.23 bits per heavy atom. The molecule has 158 valence electrons.